The van der Waals surface area contributed by atoms with Crippen LogP contribution in [0.25, 0.3) is 0 Å². The predicted octanol–water partition coefficient (Wildman–Crippen LogP) is 0.00520. The third kappa shape index (κ3) is 2.42. The smallest absolute Gasteiger partial charge is 0.213 e. The average molecular weight is 206 g/mol. The maximum atomic E-state index is 11.5. The van der Waals surface area contributed by atoms with Crippen LogP contribution < -0.4 is 5.73 Å². The molecule has 1 heterocycles. The Labute approximate surface area is 80.1 Å². The number of nitrogens with two attached hydrogens (primary N) is 1. The molecule has 1 aliphatic heterocycles. The molecule has 0 radical (unpaired) electrons. The van der Waals surface area contributed by atoms with Gasteiger partial charge >= 0.3 is 0 Å². The molecule has 0 aliphatic carbocycles. The molecule has 1 fully saturated rings. The fraction of sp³-hybridized carbons (Fsp3) is 1.00. The van der Waals surface area contributed by atoms with E-state index in [1.165, 1.54) is 4.31 Å². The van der Waals surface area contributed by atoms with E-state index in [1.54, 1.807) is 6.92 Å². The summed E-state index contributed by atoms with van der Waals surface area (Å²) in [4.78, 5) is 0. The molecule has 2 N–H and O–H groups in total. The van der Waals surface area contributed by atoms with E-state index in [4.69, 9.17) is 5.73 Å². The fourth-order valence-corrected chi connectivity index (χ4v) is 2.65. The highest BCUT2D eigenvalue weighted by atomic mass is 32.2. The van der Waals surface area contributed by atoms with Crippen LogP contribution in [0.1, 0.15) is 20.3 Å². The molecule has 2 atom stereocenters. The van der Waals surface area contributed by atoms with Crippen LogP contribution in [0.15, 0.2) is 0 Å². The maximum Gasteiger partial charge on any atom is 0.213 e. The van der Waals surface area contributed by atoms with Crippen molar-refractivity contribution in [3.05, 3.63) is 0 Å². The Morgan fingerprint density at radius 3 is 2.62 bits per heavy atom. The Balaban J connectivity index is 2.66. The van der Waals surface area contributed by atoms with Crippen molar-refractivity contribution in [3.63, 3.8) is 0 Å². The summed E-state index contributed by atoms with van der Waals surface area (Å²) in [5.41, 5.74) is 5.81. The highest BCUT2D eigenvalue weighted by Crippen LogP contribution is 2.18. The van der Waals surface area contributed by atoms with Gasteiger partial charge in [0.15, 0.2) is 0 Å². The lowest BCUT2D eigenvalue weighted by atomic mass is 9.96. The molecule has 5 heteroatoms. The Hall–Kier alpha value is -0.130. The molecule has 1 aliphatic rings. The molecule has 0 spiro atoms. The molecule has 13 heavy (non-hydrogen) atoms. The normalized spacial score (nSPS) is 31.9. The van der Waals surface area contributed by atoms with Crippen molar-refractivity contribution in [1.82, 2.24) is 4.31 Å². The summed E-state index contributed by atoms with van der Waals surface area (Å²) in [6.45, 7) is 4.85. The van der Waals surface area contributed by atoms with Gasteiger partial charge in [0.25, 0.3) is 0 Å². The van der Waals surface area contributed by atoms with Gasteiger partial charge in [-0.1, -0.05) is 6.92 Å². The summed E-state index contributed by atoms with van der Waals surface area (Å²) in [5.74, 6) is 0.608. The second kappa shape index (κ2) is 3.94. The maximum absolute atomic E-state index is 11.5. The van der Waals surface area contributed by atoms with E-state index in [1.807, 2.05) is 0 Å². The van der Waals surface area contributed by atoms with Gasteiger partial charge in [0.1, 0.15) is 0 Å². The van der Waals surface area contributed by atoms with Crippen molar-refractivity contribution in [3.8, 4) is 0 Å². The number of sulfonamides is 1. The van der Waals surface area contributed by atoms with Crippen molar-refractivity contribution >= 4 is 10.0 Å². The number of rotatable bonds is 2. The first kappa shape index (κ1) is 10.9. The third-order valence-electron chi connectivity index (χ3n) is 2.74. The van der Waals surface area contributed by atoms with Crippen molar-refractivity contribution in [2.75, 3.05) is 18.8 Å². The third-order valence-corrected chi connectivity index (χ3v) is 4.59. The zero-order valence-corrected chi connectivity index (χ0v) is 9.05. The van der Waals surface area contributed by atoms with Crippen molar-refractivity contribution in [1.29, 1.82) is 0 Å². The molecule has 1 saturated heterocycles. The lowest BCUT2D eigenvalue weighted by Crippen LogP contribution is -2.50. The molecule has 0 saturated carbocycles. The van der Waals surface area contributed by atoms with Gasteiger partial charge in [-0.2, -0.15) is 0 Å². The quantitative estimate of drug-likeness (QED) is 0.692. The van der Waals surface area contributed by atoms with Crippen LogP contribution in [-0.2, 0) is 10.0 Å². The highest BCUT2D eigenvalue weighted by Gasteiger charge is 2.29. The van der Waals surface area contributed by atoms with E-state index < -0.39 is 10.0 Å². The minimum atomic E-state index is -3.02. The summed E-state index contributed by atoms with van der Waals surface area (Å²) < 4.78 is 24.5. The molecule has 4 nitrogen and oxygen atoms in total. The largest absolute Gasteiger partial charge is 0.326 e. The molecular formula is C8H18N2O2S. The molecular weight excluding hydrogens is 188 g/mol. The lowest BCUT2D eigenvalue weighted by Gasteiger charge is -2.33. The number of hydrogen-bond donors (Lipinski definition) is 1. The summed E-state index contributed by atoms with van der Waals surface area (Å²) in [6, 6.07) is -0.00456. The van der Waals surface area contributed by atoms with Gasteiger partial charge in [-0.05, 0) is 19.3 Å². The van der Waals surface area contributed by atoms with Crippen LogP contribution in [0.5, 0.6) is 0 Å². The predicted molar refractivity (Wildman–Crippen MR) is 52.8 cm³/mol. The molecule has 2 unspecified atom stereocenters. The Kier molecular flexibility index (Phi) is 3.32. The lowest BCUT2D eigenvalue weighted by molar-refractivity contribution is 0.253. The average Bonchev–Trinajstić information content (AvgIpc) is 2.09. The van der Waals surface area contributed by atoms with Crippen LogP contribution in [0.4, 0.5) is 0 Å². The Bertz CT molecular complexity index is 263. The number of nitrogens with zero attached hydrogens (tertiary/aromatic N) is 1. The Morgan fingerprint density at radius 1 is 1.54 bits per heavy atom. The van der Waals surface area contributed by atoms with Gasteiger partial charge < -0.3 is 5.73 Å². The van der Waals surface area contributed by atoms with E-state index >= 15 is 0 Å². The molecule has 0 aromatic carbocycles. The summed E-state index contributed by atoms with van der Waals surface area (Å²) in [6.07, 6.45) is 0.875. The standard InChI is InChI=1S/C8H18N2O2S/c1-3-13(11,12)10-5-4-7(2)8(9)6-10/h7-8H,3-6,9H2,1-2H3. The van der Waals surface area contributed by atoms with Gasteiger partial charge in [-0.25, -0.2) is 12.7 Å². The molecule has 0 aromatic rings. The van der Waals surface area contributed by atoms with E-state index in [2.05, 4.69) is 6.92 Å². The molecule has 1 rings (SSSR count). The zero-order chi connectivity index (χ0) is 10.1. The van der Waals surface area contributed by atoms with Gasteiger partial charge in [0.2, 0.25) is 10.0 Å². The number of piperidine rings is 1. The van der Waals surface area contributed by atoms with Crippen LogP contribution >= 0.6 is 0 Å². The van der Waals surface area contributed by atoms with Crippen molar-refractivity contribution < 1.29 is 8.42 Å². The second-order valence-electron chi connectivity index (χ2n) is 3.69. The van der Waals surface area contributed by atoms with E-state index in [-0.39, 0.29) is 11.8 Å². The van der Waals surface area contributed by atoms with Crippen LogP contribution in [0.2, 0.25) is 0 Å². The monoisotopic (exact) mass is 206 g/mol. The van der Waals surface area contributed by atoms with Crippen LogP contribution in [0.3, 0.4) is 0 Å². The fourth-order valence-electron chi connectivity index (χ4n) is 1.50. The minimum Gasteiger partial charge on any atom is -0.326 e. The first-order valence-electron chi connectivity index (χ1n) is 4.70. The highest BCUT2D eigenvalue weighted by molar-refractivity contribution is 7.89. The molecule has 78 valence electrons. The first-order chi connectivity index (χ1) is 5.97. The van der Waals surface area contributed by atoms with E-state index in [0.717, 1.165) is 6.42 Å². The number of hydrogen-bond acceptors (Lipinski definition) is 3. The second-order valence-corrected chi connectivity index (χ2v) is 5.95. The summed E-state index contributed by atoms with van der Waals surface area (Å²) >= 11 is 0. The van der Waals surface area contributed by atoms with Crippen LogP contribution in [-0.4, -0.2) is 37.6 Å². The van der Waals surface area contributed by atoms with Gasteiger partial charge in [0.05, 0.1) is 5.75 Å². The Morgan fingerprint density at radius 2 is 2.15 bits per heavy atom. The van der Waals surface area contributed by atoms with Gasteiger partial charge in [-0.3, -0.25) is 0 Å². The van der Waals surface area contributed by atoms with Crippen molar-refractivity contribution in [2.24, 2.45) is 11.7 Å². The molecule has 0 bridgehead atoms. The minimum absolute atomic E-state index is 0.00456. The van der Waals surface area contributed by atoms with Gasteiger partial charge in [-0.15, -0.1) is 0 Å². The molecule has 0 aromatic heterocycles. The van der Waals surface area contributed by atoms with Gasteiger partial charge in [0, 0.05) is 19.1 Å². The zero-order valence-electron chi connectivity index (χ0n) is 8.23. The summed E-state index contributed by atoms with van der Waals surface area (Å²) in [7, 11) is -3.02. The molecule has 0 amide bonds. The SMILES string of the molecule is CCS(=O)(=O)N1CCC(C)C(N)C1. The topological polar surface area (TPSA) is 63.4 Å². The van der Waals surface area contributed by atoms with E-state index in [9.17, 15) is 8.42 Å². The van der Waals surface area contributed by atoms with Crippen molar-refractivity contribution in [2.45, 2.75) is 26.3 Å². The summed E-state index contributed by atoms with van der Waals surface area (Å²) in [5, 5.41) is 0. The first-order valence-corrected chi connectivity index (χ1v) is 6.31. The van der Waals surface area contributed by atoms with Crippen LogP contribution in [0, 0.1) is 5.92 Å². The van der Waals surface area contributed by atoms with E-state index in [0.29, 0.717) is 19.0 Å².